The Labute approximate surface area is 133 Å². The van der Waals surface area contributed by atoms with Crippen LogP contribution in [0.4, 0.5) is 0 Å². The number of allylic oxidation sites excluding steroid dienone is 1. The number of nitrogens with one attached hydrogen (secondary N) is 1. The number of rotatable bonds is 2. The third-order valence-electron chi connectivity index (χ3n) is 3.62. The molecule has 112 valence electrons. The summed E-state index contributed by atoms with van der Waals surface area (Å²) < 4.78 is 0. The molecule has 0 saturated carbocycles. The first-order chi connectivity index (χ1) is 9.61. The molecule has 3 rings (SSSR count). The molecule has 3 unspecified atom stereocenters. The van der Waals surface area contributed by atoms with Gasteiger partial charge in [-0.2, -0.15) is 0 Å². The van der Waals surface area contributed by atoms with Crippen molar-refractivity contribution in [3.63, 3.8) is 0 Å². The molecule has 0 saturated heterocycles. The molecule has 0 fully saturated rings. The normalized spacial score (nSPS) is 27.2. The predicted molar refractivity (Wildman–Crippen MR) is 86.4 cm³/mol. The van der Waals surface area contributed by atoms with E-state index in [0.29, 0.717) is 6.42 Å². The molecule has 5 heteroatoms. The van der Waals surface area contributed by atoms with Crippen LogP contribution >= 0.6 is 17.0 Å². The molecular formula is C16H18BrNO3. The second-order valence-electron chi connectivity index (χ2n) is 5.13. The molecule has 0 amide bonds. The van der Waals surface area contributed by atoms with Crippen LogP contribution in [0.3, 0.4) is 0 Å². The molecule has 3 atom stereocenters. The highest BCUT2D eigenvalue weighted by Crippen LogP contribution is 2.27. The average molecular weight is 352 g/mol. The Balaban J connectivity index is 0.00000161. The van der Waals surface area contributed by atoms with Gasteiger partial charge >= 0.3 is 0 Å². The zero-order valence-electron chi connectivity index (χ0n) is 11.3. The lowest BCUT2D eigenvalue weighted by Crippen LogP contribution is -2.44. The summed E-state index contributed by atoms with van der Waals surface area (Å²) in [5, 5.41) is 32.0. The molecule has 21 heavy (non-hydrogen) atoms. The topological polar surface area (TPSA) is 72.7 Å². The van der Waals surface area contributed by atoms with Gasteiger partial charge in [0.25, 0.3) is 0 Å². The number of hydrogen-bond donors (Lipinski definition) is 4. The summed E-state index contributed by atoms with van der Waals surface area (Å²) in [7, 11) is 0. The van der Waals surface area contributed by atoms with Gasteiger partial charge in [-0.05, 0) is 47.4 Å². The average Bonchev–Trinajstić information content (AvgIpc) is 2.42. The highest BCUT2D eigenvalue weighted by Gasteiger charge is 2.26. The number of phenols is 1. The van der Waals surface area contributed by atoms with E-state index in [4.69, 9.17) is 0 Å². The number of aliphatic hydroxyl groups excluding tert-OH is 2. The van der Waals surface area contributed by atoms with E-state index < -0.39 is 12.3 Å². The molecule has 0 bridgehead atoms. The van der Waals surface area contributed by atoms with Gasteiger partial charge in [0.15, 0.2) is 0 Å². The number of aliphatic hydroxyl groups is 2. The number of halogens is 1. The van der Waals surface area contributed by atoms with E-state index in [0.717, 1.165) is 16.7 Å². The van der Waals surface area contributed by atoms with E-state index in [9.17, 15) is 15.3 Å². The Morgan fingerprint density at radius 1 is 1.05 bits per heavy atom. The molecule has 0 aromatic heterocycles. The van der Waals surface area contributed by atoms with Crippen LogP contribution in [-0.4, -0.2) is 33.7 Å². The molecule has 1 aliphatic heterocycles. The van der Waals surface area contributed by atoms with Crippen LogP contribution < -0.4 is 5.32 Å². The number of aromatic hydroxyl groups is 1. The molecule has 1 aliphatic carbocycles. The lowest BCUT2D eigenvalue weighted by molar-refractivity contribution is 0.166. The fourth-order valence-corrected chi connectivity index (χ4v) is 2.65. The van der Waals surface area contributed by atoms with Crippen LogP contribution in [0, 0.1) is 0 Å². The summed E-state index contributed by atoms with van der Waals surface area (Å²) in [6, 6.07) is 6.95. The Bertz CT molecular complexity index is 592. The van der Waals surface area contributed by atoms with E-state index in [-0.39, 0.29) is 28.8 Å². The largest absolute Gasteiger partial charge is 0.508 e. The summed E-state index contributed by atoms with van der Waals surface area (Å²) in [4.78, 5) is 0. The second-order valence-corrected chi connectivity index (χ2v) is 5.13. The number of hydrogen-bond acceptors (Lipinski definition) is 4. The maximum Gasteiger partial charge on any atom is 0.125 e. The molecule has 4 N–H and O–H groups in total. The Morgan fingerprint density at radius 3 is 2.48 bits per heavy atom. The lowest BCUT2D eigenvalue weighted by atomic mass is 9.86. The van der Waals surface area contributed by atoms with Crippen molar-refractivity contribution < 1.29 is 15.3 Å². The van der Waals surface area contributed by atoms with E-state index in [1.54, 1.807) is 30.4 Å². The second kappa shape index (κ2) is 6.58. The van der Waals surface area contributed by atoms with Crippen molar-refractivity contribution in [2.45, 2.75) is 24.8 Å². The van der Waals surface area contributed by atoms with Crippen LogP contribution in [0.2, 0.25) is 0 Å². The maximum atomic E-state index is 9.86. The van der Waals surface area contributed by atoms with Crippen LogP contribution in [0.5, 0.6) is 5.75 Å². The molecule has 1 heterocycles. The summed E-state index contributed by atoms with van der Waals surface area (Å²) in [5.74, 6) is 0.237. The van der Waals surface area contributed by atoms with Gasteiger partial charge in [0.2, 0.25) is 0 Å². The van der Waals surface area contributed by atoms with Crippen molar-refractivity contribution in [2.75, 3.05) is 0 Å². The summed E-state index contributed by atoms with van der Waals surface area (Å²) in [5.41, 5.74) is 3.00. The lowest BCUT2D eigenvalue weighted by Gasteiger charge is -2.32. The van der Waals surface area contributed by atoms with Gasteiger partial charge in [-0.15, -0.1) is 17.0 Å². The van der Waals surface area contributed by atoms with Crippen LogP contribution in [0.15, 0.2) is 59.7 Å². The minimum absolute atomic E-state index is 0. The quantitative estimate of drug-likeness (QED) is 0.652. The van der Waals surface area contributed by atoms with Gasteiger partial charge in [0.1, 0.15) is 12.0 Å². The SMILES string of the molecule is Br.Oc1ccc(CC2NC(O)C=C3C=CC(O)C=C32)cc1. The minimum atomic E-state index is -0.691. The maximum absolute atomic E-state index is 9.86. The van der Waals surface area contributed by atoms with E-state index in [1.807, 2.05) is 18.2 Å². The summed E-state index contributed by atoms with van der Waals surface area (Å²) in [6.45, 7) is 0. The van der Waals surface area contributed by atoms with Crippen molar-refractivity contribution >= 4 is 17.0 Å². The van der Waals surface area contributed by atoms with Crippen LogP contribution in [0.1, 0.15) is 5.56 Å². The summed E-state index contributed by atoms with van der Waals surface area (Å²) in [6.07, 6.45) is 6.49. The molecule has 2 aliphatic rings. The van der Waals surface area contributed by atoms with Crippen molar-refractivity contribution in [1.29, 1.82) is 0 Å². The molecule has 0 spiro atoms. The molecule has 1 aromatic carbocycles. The van der Waals surface area contributed by atoms with Gasteiger partial charge in [0.05, 0.1) is 6.10 Å². The van der Waals surface area contributed by atoms with Crippen LogP contribution in [0.25, 0.3) is 0 Å². The number of benzene rings is 1. The molecule has 0 radical (unpaired) electrons. The smallest absolute Gasteiger partial charge is 0.125 e. The van der Waals surface area contributed by atoms with Gasteiger partial charge < -0.3 is 15.3 Å². The van der Waals surface area contributed by atoms with Gasteiger partial charge in [-0.1, -0.05) is 24.3 Å². The van der Waals surface area contributed by atoms with Crippen molar-refractivity contribution in [3.8, 4) is 5.75 Å². The number of fused-ring (bicyclic) bond motifs is 1. The van der Waals surface area contributed by atoms with Crippen LogP contribution in [-0.2, 0) is 6.42 Å². The zero-order chi connectivity index (χ0) is 14.1. The van der Waals surface area contributed by atoms with E-state index in [2.05, 4.69) is 5.32 Å². The van der Waals surface area contributed by atoms with E-state index in [1.165, 1.54) is 0 Å². The highest BCUT2D eigenvalue weighted by atomic mass is 79.9. The first kappa shape index (κ1) is 16.0. The highest BCUT2D eigenvalue weighted by molar-refractivity contribution is 8.93. The van der Waals surface area contributed by atoms with Crippen molar-refractivity contribution in [2.24, 2.45) is 0 Å². The molecular weight excluding hydrogens is 334 g/mol. The summed E-state index contributed by atoms with van der Waals surface area (Å²) >= 11 is 0. The first-order valence-corrected chi connectivity index (χ1v) is 6.64. The van der Waals surface area contributed by atoms with Crippen molar-refractivity contribution in [3.05, 3.63) is 65.3 Å². The number of phenolic OH excluding ortho intramolecular Hbond substituents is 1. The standard InChI is InChI=1S/C16H17NO3.BrH/c18-12-4-1-10(2-5-12)7-15-14-9-13(19)6-3-11(14)8-16(20)17-15;/h1-6,8-9,13,15-20H,7H2;1H. The van der Waals surface area contributed by atoms with Gasteiger partial charge in [-0.3, -0.25) is 5.32 Å². The first-order valence-electron chi connectivity index (χ1n) is 6.64. The zero-order valence-corrected chi connectivity index (χ0v) is 13.0. The fraction of sp³-hybridized carbons (Fsp3) is 0.250. The minimum Gasteiger partial charge on any atom is -0.508 e. The fourth-order valence-electron chi connectivity index (χ4n) is 2.65. The third kappa shape index (κ3) is 3.63. The Kier molecular flexibility index (Phi) is 5.00. The third-order valence-corrected chi connectivity index (χ3v) is 3.62. The Hall–Kier alpha value is -1.40. The van der Waals surface area contributed by atoms with E-state index >= 15 is 0 Å². The van der Waals surface area contributed by atoms with Gasteiger partial charge in [0, 0.05) is 6.04 Å². The Morgan fingerprint density at radius 2 is 1.76 bits per heavy atom. The molecule has 4 nitrogen and oxygen atoms in total. The van der Waals surface area contributed by atoms with Crippen molar-refractivity contribution in [1.82, 2.24) is 5.32 Å². The monoisotopic (exact) mass is 351 g/mol. The van der Waals surface area contributed by atoms with Gasteiger partial charge in [-0.25, -0.2) is 0 Å². The molecule has 1 aromatic rings. The predicted octanol–water partition coefficient (Wildman–Crippen LogP) is 1.59.